The largest absolute Gasteiger partial charge is 0.354 e. The number of H-pyrrole nitrogens is 1. The molecule has 2 heterocycles. The van der Waals surface area contributed by atoms with Crippen LogP contribution in [0.3, 0.4) is 0 Å². The second kappa shape index (κ2) is 3.62. The first kappa shape index (κ1) is 10.5. The average Bonchev–Trinajstić information content (AvgIpc) is 3.04. The van der Waals surface area contributed by atoms with Gasteiger partial charge in [-0.25, -0.2) is 0 Å². The van der Waals surface area contributed by atoms with Crippen LogP contribution in [-0.2, 0) is 0 Å². The standard InChI is InChI=1S/C18H10NS/c1-3-7-14-13(6-1)17-15(19-14)10-9-12-11-5-2-4-8-16(11)20-18(12)17/h1,3-10,19H. The van der Waals surface area contributed by atoms with Crippen LogP contribution >= 0.6 is 11.3 Å². The third-order valence-electron chi connectivity index (χ3n) is 3.95. The lowest BCUT2D eigenvalue weighted by Crippen LogP contribution is -1.69. The minimum absolute atomic E-state index is 1.21. The van der Waals surface area contributed by atoms with Crippen molar-refractivity contribution in [3.63, 3.8) is 0 Å². The van der Waals surface area contributed by atoms with Crippen LogP contribution in [0.5, 0.6) is 0 Å². The number of benzene rings is 3. The summed E-state index contributed by atoms with van der Waals surface area (Å²) in [5.74, 6) is 0. The normalized spacial score (nSPS) is 12.0. The predicted octanol–water partition coefficient (Wildman–Crippen LogP) is 5.49. The summed E-state index contributed by atoms with van der Waals surface area (Å²) in [4.78, 5) is 3.51. The highest BCUT2D eigenvalue weighted by Gasteiger charge is 2.11. The lowest BCUT2D eigenvalue weighted by Gasteiger charge is -1.94. The summed E-state index contributed by atoms with van der Waals surface area (Å²) < 4.78 is 2.70. The molecule has 0 atom stereocenters. The number of aromatic nitrogens is 1. The Labute approximate surface area is 119 Å². The minimum Gasteiger partial charge on any atom is -0.354 e. The first-order valence-corrected chi connectivity index (χ1v) is 7.45. The second-order valence-electron chi connectivity index (χ2n) is 5.06. The molecule has 0 aliphatic heterocycles. The number of rotatable bonds is 0. The number of thiophene rings is 1. The van der Waals surface area contributed by atoms with E-state index in [2.05, 4.69) is 59.6 Å². The van der Waals surface area contributed by atoms with Crippen LogP contribution in [0.2, 0.25) is 0 Å². The van der Waals surface area contributed by atoms with Gasteiger partial charge in [0.05, 0.1) is 0 Å². The van der Waals surface area contributed by atoms with Gasteiger partial charge in [0.15, 0.2) is 0 Å². The van der Waals surface area contributed by atoms with Crippen LogP contribution in [0.25, 0.3) is 42.0 Å². The zero-order valence-electron chi connectivity index (χ0n) is 10.6. The summed E-state index contributed by atoms with van der Waals surface area (Å²) in [6.07, 6.45) is 0. The van der Waals surface area contributed by atoms with Crippen molar-refractivity contribution in [2.75, 3.05) is 0 Å². The fourth-order valence-corrected chi connectivity index (χ4v) is 4.30. The molecule has 0 bridgehead atoms. The lowest BCUT2D eigenvalue weighted by molar-refractivity contribution is 1.55. The number of fused-ring (bicyclic) bond motifs is 7. The van der Waals surface area contributed by atoms with Crippen molar-refractivity contribution in [2.45, 2.75) is 0 Å². The Morgan fingerprint density at radius 3 is 2.80 bits per heavy atom. The average molecular weight is 272 g/mol. The maximum atomic E-state index is 3.51. The second-order valence-corrected chi connectivity index (χ2v) is 6.11. The topological polar surface area (TPSA) is 15.8 Å². The molecule has 5 aromatic rings. The van der Waals surface area contributed by atoms with E-state index < -0.39 is 0 Å². The fourth-order valence-electron chi connectivity index (χ4n) is 3.05. The Balaban J connectivity index is 2.14. The van der Waals surface area contributed by atoms with Crippen LogP contribution < -0.4 is 0 Å². The molecule has 20 heavy (non-hydrogen) atoms. The Hall–Kier alpha value is -2.32. The number of para-hydroxylation sites is 1. The molecule has 0 amide bonds. The van der Waals surface area contributed by atoms with Gasteiger partial charge in [-0.05, 0) is 30.3 Å². The number of aromatic amines is 1. The van der Waals surface area contributed by atoms with Crippen LogP contribution in [0.15, 0.2) is 54.6 Å². The summed E-state index contributed by atoms with van der Waals surface area (Å²) in [5.41, 5.74) is 2.42. The Morgan fingerprint density at radius 1 is 0.850 bits per heavy atom. The van der Waals surface area contributed by atoms with Gasteiger partial charge in [0.2, 0.25) is 0 Å². The van der Waals surface area contributed by atoms with Crippen molar-refractivity contribution in [3.8, 4) is 0 Å². The monoisotopic (exact) mass is 272 g/mol. The molecule has 2 aromatic heterocycles. The zero-order chi connectivity index (χ0) is 13.1. The van der Waals surface area contributed by atoms with Crippen molar-refractivity contribution < 1.29 is 0 Å². The SMILES string of the molecule is [c]1ccc2sc3c(ccc4[nH]c5ccccc5c43)c2c1. The molecule has 0 saturated carbocycles. The van der Waals surface area contributed by atoms with Crippen molar-refractivity contribution >= 4 is 53.3 Å². The first-order valence-electron chi connectivity index (χ1n) is 6.63. The maximum absolute atomic E-state index is 3.51. The predicted molar refractivity (Wildman–Crippen MR) is 87.5 cm³/mol. The van der Waals surface area contributed by atoms with Gasteiger partial charge in [-0.2, -0.15) is 0 Å². The molecule has 0 aliphatic rings. The summed E-state index contributed by atoms with van der Waals surface area (Å²) in [7, 11) is 0. The molecule has 0 aliphatic carbocycles. The highest BCUT2D eigenvalue weighted by Crippen LogP contribution is 2.40. The van der Waals surface area contributed by atoms with Crippen molar-refractivity contribution in [1.29, 1.82) is 0 Å². The molecular formula is C18H10NS. The highest BCUT2D eigenvalue weighted by molar-refractivity contribution is 7.26. The molecule has 0 fully saturated rings. The lowest BCUT2D eigenvalue weighted by atomic mass is 10.1. The fraction of sp³-hybridized carbons (Fsp3) is 0. The van der Waals surface area contributed by atoms with E-state index in [0.29, 0.717) is 0 Å². The van der Waals surface area contributed by atoms with Gasteiger partial charge in [-0.1, -0.05) is 30.3 Å². The van der Waals surface area contributed by atoms with Crippen LogP contribution in [0, 0.1) is 6.07 Å². The molecule has 0 spiro atoms. The molecule has 0 saturated heterocycles. The third kappa shape index (κ3) is 1.22. The van der Waals surface area contributed by atoms with E-state index in [0.717, 1.165) is 0 Å². The molecule has 93 valence electrons. The van der Waals surface area contributed by atoms with Gasteiger partial charge in [0, 0.05) is 42.0 Å². The molecule has 1 N–H and O–H groups in total. The zero-order valence-corrected chi connectivity index (χ0v) is 11.4. The smallest absolute Gasteiger partial charge is 0.0479 e. The van der Waals surface area contributed by atoms with E-state index >= 15 is 0 Å². The third-order valence-corrected chi connectivity index (χ3v) is 5.15. The van der Waals surface area contributed by atoms with E-state index in [9.17, 15) is 0 Å². The first-order chi connectivity index (χ1) is 9.92. The van der Waals surface area contributed by atoms with E-state index in [1.165, 1.54) is 42.0 Å². The highest BCUT2D eigenvalue weighted by atomic mass is 32.1. The van der Waals surface area contributed by atoms with Crippen molar-refractivity contribution in [1.82, 2.24) is 4.98 Å². The van der Waals surface area contributed by atoms with Gasteiger partial charge in [-0.3, -0.25) is 0 Å². The van der Waals surface area contributed by atoms with Gasteiger partial charge in [0.25, 0.3) is 0 Å². The van der Waals surface area contributed by atoms with Gasteiger partial charge in [-0.15, -0.1) is 11.3 Å². The Morgan fingerprint density at radius 2 is 1.80 bits per heavy atom. The minimum atomic E-state index is 1.21. The van der Waals surface area contributed by atoms with Gasteiger partial charge in [0.1, 0.15) is 0 Å². The Bertz CT molecular complexity index is 1100. The molecular weight excluding hydrogens is 262 g/mol. The number of nitrogens with one attached hydrogen (secondary N) is 1. The summed E-state index contributed by atoms with van der Waals surface area (Å²) >= 11 is 1.87. The van der Waals surface area contributed by atoms with Crippen LogP contribution in [0.4, 0.5) is 0 Å². The van der Waals surface area contributed by atoms with E-state index in [-0.39, 0.29) is 0 Å². The Kier molecular flexibility index (Phi) is 1.89. The van der Waals surface area contributed by atoms with Crippen LogP contribution in [-0.4, -0.2) is 4.98 Å². The maximum Gasteiger partial charge on any atom is 0.0479 e. The van der Waals surface area contributed by atoms with E-state index in [1.54, 1.807) is 0 Å². The molecule has 1 radical (unpaired) electrons. The van der Waals surface area contributed by atoms with Crippen LogP contribution in [0.1, 0.15) is 0 Å². The summed E-state index contributed by atoms with van der Waals surface area (Å²) in [6, 6.07) is 22.4. The van der Waals surface area contributed by atoms with E-state index in [1.807, 2.05) is 17.4 Å². The molecule has 1 nitrogen and oxygen atoms in total. The molecule has 0 unspecified atom stereocenters. The molecule has 2 heteroatoms. The van der Waals surface area contributed by atoms with Gasteiger partial charge < -0.3 is 4.98 Å². The van der Waals surface area contributed by atoms with Crippen molar-refractivity contribution in [2.24, 2.45) is 0 Å². The number of hydrogen-bond acceptors (Lipinski definition) is 1. The molecule has 3 aromatic carbocycles. The quantitative estimate of drug-likeness (QED) is 0.383. The van der Waals surface area contributed by atoms with E-state index in [4.69, 9.17) is 0 Å². The molecule has 5 rings (SSSR count). The summed E-state index contributed by atoms with van der Waals surface area (Å²) in [6.45, 7) is 0. The van der Waals surface area contributed by atoms with Gasteiger partial charge >= 0.3 is 0 Å². The van der Waals surface area contributed by atoms with Crippen molar-refractivity contribution in [3.05, 3.63) is 60.7 Å². The summed E-state index contributed by atoms with van der Waals surface area (Å²) in [5, 5.41) is 5.29. The number of hydrogen-bond donors (Lipinski definition) is 1.